The predicted molar refractivity (Wildman–Crippen MR) is 53.6 cm³/mol. The Morgan fingerprint density at radius 3 is 2.46 bits per heavy atom. The molecule has 0 radical (unpaired) electrons. The van der Waals surface area contributed by atoms with Gasteiger partial charge in [0.05, 0.1) is 6.10 Å². The minimum atomic E-state index is -0.233. The summed E-state index contributed by atoms with van der Waals surface area (Å²) in [6, 6.07) is 8.26. The lowest BCUT2D eigenvalue weighted by Crippen LogP contribution is -2.02. The second kappa shape index (κ2) is 3.15. The van der Waals surface area contributed by atoms with Crippen LogP contribution in [0.5, 0.6) is 0 Å². The molecule has 0 saturated heterocycles. The zero-order chi connectivity index (χ0) is 9.42. The van der Waals surface area contributed by atoms with E-state index in [1.54, 1.807) is 0 Å². The molecular weight excluding hydrogens is 160 g/mol. The molecule has 70 valence electrons. The van der Waals surface area contributed by atoms with Gasteiger partial charge in [-0.25, -0.2) is 0 Å². The highest BCUT2D eigenvalue weighted by molar-refractivity contribution is 5.37. The summed E-state index contributed by atoms with van der Waals surface area (Å²) in [6.45, 7) is 4.44. The first-order valence-corrected chi connectivity index (χ1v) is 4.97. The summed E-state index contributed by atoms with van der Waals surface area (Å²) in [5.41, 5.74) is 2.49. The molecule has 0 fully saturated rings. The van der Waals surface area contributed by atoms with E-state index in [9.17, 15) is 5.11 Å². The van der Waals surface area contributed by atoms with E-state index in [0.29, 0.717) is 11.8 Å². The van der Waals surface area contributed by atoms with Crippen molar-refractivity contribution in [2.75, 3.05) is 0 Å². The molecule has 1 aromatic rings. The monoisotopic (exact) mass is 176 g/mol. The molecule has 0 heterocycles. The van der Waals surface area contributed by atoms with E-state index < -0.39 is 0 Å². The Kier molecular flexibility index (Phi) is 2.12. The number of benzene rings is 1. The van der Waals surface area contributed by atoms with Crippen molar-refractivity contribution < 1.29 is 5.11 Å². The Morgan fingerprint density at radius 2 is 1.85 bits per heavy atom. The molecule has 0 aromatic heterocycles. The van der Waals surface area contributed by atoms with Gasteiger partial charge in [0.15, 0.2) is 0 Å². The number of aliphatic hydroxyl groups excluding tert-OH is 1. The summed E-state index contributed by atoms with van der Waals surface area (Å²) in [5, 5.41) is 9.80. The van der Waals surface area contributed by atoms with Gasteiger partial charge in [-0.15, -0.1) is 0 Å². The van der Waals surface area contributed by atoms with E-state index in [1.165, 1.54) is 5.56 Å². The Balaban J connectivity index is 2.41. The van der Waals surface area contributed by atoms with Gasteiger partial charge >= 0.3 is 0 Å². The Hall–Kier alpha value is -0.820. The Bertz CT molecular complexity index is 304. The molecule has 1 aromatic carbocycles. The van der Waals surface area contributed by atoms with Crippen LogP contribution in [-0.2, 0) is 0 Å². The van der Waals surface area contributed by atoms with Crippen molar-refractivity contribution in [3.05, 3.63) is 35.4 Å². The maximum absolute atomic E-state index is 9.80. The van der Waals surface area contributed by atoms with Crippen molar-refractivity contribution >= 4 is 0 Å². The van der Waals surface area contributed by atoms with Crippen LogP contribution in [0.1, 0.15) is 43.4 Å². The van der Waals surface area contributed by atoms with Crippen molar-refractivity contribution in [2.24, 2.45) is 5.92 Å². The molecule has 2 rings (SSSR count). The molecule has 0 bridgehead atoms. The van der Waals surface area contributed by atoms with Crippen molar-refractivity contribution in [3.63, 3.8) is 0 Å². The molecule has 0 saturated carbocycles. The predicted octanol–water partition coefficient (Wildman–Crippen LogP) is 2.86. The lowest BCUT2D eigenvalue weighted by atomic mass is 9.90. The molecule has 0 amide bonds. The highest BCUT2D eigenvalue weighted by Gasteiger charge is 2.30. The number of hydrogen-bond acceptors (Lipinski definition) is 1. The van der Waals surface area contributed by atoms with Gasteiger partial charge in [-0.2, -0.15) is 0 Å². The molecule has 0 aliphatic heterocycles. The zero-order valence-corrected chi connectivity index (χ0v) is 8.20. The second-order valence-electron chi connectivity index (χ2n) is 4.23. The Labute approximate surface area is 79.4 Å². The zero-order valence-electron chi connectivity index (χ0n) is 8.20. The lowest BCUT2D eigenvalue weighted by molar-refractivity contribution is 0.167. The van der Waals surface area contributed by atoms with Crippen molar-refractivity contribution in [1.29, 1.82) is 0 Å². The highest BCUT2D eigenvalue weighted by atomic mass is 16.3. The van der Waals surface area contributed by atoms with Crippen LogP contribution in [0.3, 0.4) is 0 Å². The lowest BCUT2D eigenvalue weighted by Gasteiger charge is -2.14. The Morgan fingerprint density at radius 1 is 1.23 bits per heavy atom. The number of fused-ring (bicyclic) bond motifs is 1. The van der Waals surface area contributed by atoms with E-state index in [4.69, 9.17) is 0 Å². The molecule has 1 heteroatoms. The van der Waals surface area contributed by atoms with Crippen molar-refractivity contribution in [3.8, 4) is 0 Å². The maximum atomic E-state index is 9.80. The van der Waals surface area contributed by atoms with Gasteiger partial charge in [-0.3, -0.25) is 0 Å². The fourth-order valence-corrected chi connectivity index (χ4v) is 2.28. The normalized spacial score (nSPS) is 26.5. The number of hydrogen-bond donors (Lipinski definition) is 1. The van der Waals surface area contributed by atoms with E-state index in [0.717, 1.165) is 12.0 Å². The number of rotatable bonds is 1. The molecule has 0 unspecified atom stereocenters. The standard InChI is InChI=1S/C12H16O/c1-8(2)11-7-12(13)10-6-4-3-5-9(10)11/h3-6,8,11-13H,7H2,1-2H3/t11-,12-/m1/s1. The van der Waals surface area contributed by atoms with Crippen LogP contribution in [0.4, 0.5) is 0 Å². The topological polar surface area (TPSA) is 20.2 Å². The third kappa shape index (κ3) is 1.37. The first kappa shape index (κ1) is 8.76. The molecule has 1 aliphatic rings. The third-order valence-corrected chi connectivity index (χ3v) is 3.04. The van der Waals surface area contributed by atoms with E-state index in [1.807, 2.05) is 12.1 Å². The molecule has 0 spiro atoms. The van der Waals surface area contributed by atoms with E-state index in [2.05, 4.69) is 26.0 Å². The largest absolute Gasteiger partial charge is 0.388 e. The average molecular weight is 176 g/mol. The molecular formula is C12H16O. The van der Waals surface area contributed by atoms with Crippen LogP contribution in [-0.4, -0.2) is 5.11 Å². The van der Waals surface area contributed by atoms with Gasteiger partial charge < -0.3 is 5.11 Å². The van der Waals surface area contributed by atoms with Crippen LogP contribution in [0.2, 0.25) is 0 Å². The minimum absolute atomic E-state index is 0.233. The third-order valence-electron chi connectivity index (χ3n) is 3.04. The molecule has 2 atom stereocenters. The molecule has 1 aliphatic carbocycles. The average Bonchev–Trinajstić information content (AvgIpc) is 2.45. The fourth-order valence-electron chi connectivity index (χ4n) is 2.28. The maximum Gasteiger partial charge on any atom is 0.0798 e. The van der Waals surface area contributed by atoms with Gasteiger partial charge in [0.25, 0.3) is 0 Å². The smallest absolute Gasteiger partial charge is 0.0798 e. The fraction of sp³-hybridized carbons (Fsp3) is 0.500. The van der Waals surface area contributed by atoms with Crippen LogP contribution in [0, 0.1) is 5.92 Å². The quantitative estimate of drug-likeness (QED) is 0.697. The van der Waals surface area contributed by atoms with E-state index >= 15 is 0 Å². The van der Waals surface area contributed by atoms with Crippen molar-refractivity contribution in [1.82, 2.24) is 0 Å². The minimum Gasteiger partial charge on any atom is -0.388 e. The SMILES string of the molecule is CC(C)[C@H]1C[C@@H](O)c2ccccc21. The van der Waals surface area contributed by atoms with E-state index in [-0.39, 0.29) is 6.10 Å². The van der Waals surface area contributed by atoms with Gasteiger partial charge in [-0.05, 0) is 29.4 Å². The summed E-state index contributed by atoms with van der Waals surface area (Å²) in [6.07, 6.45) is 0.667. The van der Waals surface area contributed by atoms with Crippen LogP contribution in [0.25, 0.3) is 0 Å². The first-order chi connectivity index (χ1) is 6.20. The van der Waals surface area contributed by atoms with Crippen LogP contribution < -0.4 is 0 Å². The summed E-state index contributed by atoms with van der Waals surface area (Å²) in [5.74, 6) is 1.17. The molecule has 13 heavy (non-hydrogen) atoms. The van der Waals surface area contributed by atoms with Gasteiger partial charge in [-0.1, -0.05) is 38.1 Å². The molecule has 1 nitrogen and oxygen atoms in total. The molecule has 1 N–H and O–H groups in total. The second-order valence-corrected chi connectivity index (χ2v) is 4.23. The summed E-state index contributed by atoms with van der Waals surface area (Å²) in [7, 11) is 0. The summed E-state index contributed by atoms with van der Waals surface area (Å²) >= 11 is 0. The van der Waals surface area contributed by atoms with Crippen molar-refractivity contribution in [2.45, 2.75) is 32.3 Å². The summed E-state index contributed by atoms with van der Waals surface area (Å²) < 4.78 is 0. The van der Waals surface area contributed by atoms with Gasteiger partial charge in [0, 0.05) is 0 Å². The first-order valence-electron chi connectivity index (χ1n) is 4.97. The van der Waals surface area contributed by atoms with Gasteiger partial charge in [0.1, 0.15) is 0 Å². The van der Waals surface area contributed by atoms with Crippen LogP contribution >= 0.6 is 0 Å². The van der Waals surface area contributed by atoms with Gasteiger partial charge in [0.2, 0.25) is 0 Å². The van der Waals surface area contributed by atoms with Crippen LogP contribution in [0.15, 0.2) is 24.3 Å². The number of aliphatic hydroxyl groups is 1. The highest BCUT2D eigenvalue weighted by Crippen LogP contribution is 2.43. The summed E-state index contributed by atoms with van der Waals surface area (Å²) in [4.78, 5) is 0.